The van der Waals surface area contributed by atoms with Crippen molar-refractivity contribution in [3.63, 3.8) is 0 Å². The maximum atomic E-state index is 13.0. The fourth-order valence-corrected chi connectivity index (χ4v) is 4.27. The number of amides is 1. The third-order valence-electron chi connectivity index (χ3n) is 6.46. The van der Waals surface area contributed by atoms with Crippen LogP contribution < -0.4 is 5.32 Å². The number of anilines is 2. The molecule has 0 saturated carbocycles. The van der Waals surface area contributed by atoms with E-state index < -0.39 is 0 Å². The minimum atomic E-state index is 0.0826. The highest BCUT2D eigenvalue weighted by Crippen LogP contribution is 2.23. The van der Waals surface area contributed by atoms with Gasteiger partial charge in [-0.05, 0) is 37.6 Å². The zero-order valence-corrected chi connectivity index (χ0v) is 19.0. The molecule has 1 N–H and O–H groups in total. The van der Waals surface area contributed by atoms with Crippen molar-refractivity contribution in [1.82, 2.24) is 29.4 Å². The summed E-state index contributed by atoms with van der Waals surface area (Å²) in [6, 6.07) is 8.09. The molecule has 2 aromatic heterocycles. The monoisotopic (exact) mass is 444 g/mol. The molecule has 0 aliphatic carbocycles. The van der Waals surface area contributed by atoms with Gasteiger partial charge in [-0.1, -0.05) is 13.0 Å². The zero-order valence-electron chi connectivity index (χ0n) is 19.0. The molecule has 9 nitrogen and oxygen atoms in total. The lowest BCUT2D eigenvalue weighted by molar-refractivity contribution is 0.0579. The molecular formula is C24H28N8O. The minimum absolute atomic E-state index is 0.0826. The number of fused-ring (bicyclic) bond motifs is 1. The molecule has 9 heteroatoms. The summed E-state index contributed by atoms with van der Waals surface area (Å²) in [5, 5.41) is 7.65. The van der Waals surface area contributed by atoms with Crippen LogP contribution in [0.3, 0.4) is 0 Å². The molecule has 0 spiro atoms. The molecule has 1 amide bonds. The third kappa shape index (κ3) is 4.23. The lowest BCUT2D eigenvalue weighted by Gasteiger charge is -2.37. The van der Waals surface area contributed by atoms with Gasteiger partial charge in [0.1, 0.15) is 6.33 Å². The first-order valence-corrected chi connectivity index (χ1v) is 11.4. The first kappa shape index (κ1) is 21.3. The molecule has 1 aromatic carbocycles. The van der Waals surface area contributed by atoms with Gasteiger partial charge < -0.3 is 10.2 Å². The normalized spacial score (nSPS) is 17.4. The van der Waals surface area contributed by atoms with E-state index in [1.165, 1.54) is 6.33 Å². The summed E-state index contributed by atoms with van der Waals surface area (Å²) in [6.45, 7) is 8.52. The zero-order chi connectivity index (χ0) is 22.8. The van der Waals surface area contributed by atoms with Gasteiger partial charge in [-0.3, -0.25) is 14.7 Å². The summed E-state index contributed by atoms with van der Waals surface area (Å²) in [7, 11) is 0. The van der Waals surface area contributed by atoms with Crippen LogP contribution in [0.15, 0.2) is 47.9 Å². The molecule has 4 heterocycles. The lowest BCUT2D eigenvalue weighted by atomic mass is 10.1. The van der Waals surface area contributed by atoms with Crippen LogP contribution in [0.2, 0.25) is 0 Å². The van der Waals surface area contributed by atoms with Gasteiger partial charge in [0.05, 0.1) is 18.4 Å². The molecule has 2 aliphatic rings. The number of carbonyl (C=O) groups is 1. The van der Waals surface area contributed by atoms with Crippen molar-refractivity contribution in [2.45, 2.75) is 26.3 Å². The third-order valence-corrected chi connectivity index (χ3v) is 6.46. The number of piperazine rings is 1. The van der Waals surface area contributed by atoms with Crippen molar-refractivity contribution < 1.29 is 4.79 Å². The standard InChI is InChI=1S/C24H28N8O/c1-3-17(2)30-10-12-31(13-11-30)24(33)18-4-6-20(7-5-18)29-22-23-27-16-28-32(23)21(15-26-22)19-8-9-25-14-19/h4-8,14-17H,3,9-13H2,1-2H3,(H,26,29). The summed E-state index contributed by atoms with van der Waals surface area (Å²) >= 11 is 0. The van der Waals surface area contributed by atoms with Crippen molar-refractivity contribution in [3.05, 3.63) is 54.1 Å². The molecule has 0 bridgehead atoms. The number of aliphatic imine (C=N–C) groups is 1. The average molecular weight is 445 g/mol. The lowest BCUT2D eigenvalue weighted by Crippen LogP contribution is -2.51. The van der Waals surface area contributed by atoms with E-state index in [9.17, 15) is 4.79 Å². The highest BCUT2D eigenvalue weighted by atomic mass is 16.2. The van der Waals surface area contributed by atoms with Crippen molar-refractivity contribution in [2.75, 3.05) is 38.0 Å². The van der Waals surface area contributed by atoms with Crippen LogP contribution in [0.5, 0.6) is 0 Å². The van der Waals surface area contributed by atoms with E-state index >= 15 is 0 Å². The van der Waals surface area contributed by atoms with Crippen LogP contribution in [-0.4, -0.2) is 80.3 Å². The summed E-state index contributed by atoms with van der Waals surface area (Å²) in [4.78, 5) is 30.5. The first-order valence-electron chi connectivity index (χ1n) is 11.4. The number of hydrogen-bond donors (Lipinski definition) is 1. The van der Waals surface area contributed by atoms with Gasteiger partial charge in [0.2, 0.25) is 0 Å². The molecule has 1 atom stereocenters. The fraction of sp³-hybridized carbons (Fsp3) is 0.375. The van der Waals surface area contributed by atoms with Crippen molar-refractivity contribution in [2.24, 2.45) is 4.99 Å². The Morgan fingerprint density at radius 2 is 1.91 bits per heavy atom. The Morgan fingerprint density at radius 1 is 1.12 bits per heavy atom. The van der Waals surface area contributed by atoms with Crippen LogP contribution in [0.1, 0.15) is 36.3 Å². The van der Waals surface area contributed by atoms with Crippen LogP contribution in [0, 0.1) is 0 Å². The minimum Gasteiger partial charge on any atom is -0.337 e. The quantitative estimate of drug-likeness (QED) is 0.629. The van der Waals surface area contributed by atoms with Gasteiger partial charge in [-0.2, -0.15) is 5.10 Å². The smallest absolute Gasteiger partial charge is 0.253 e. The van der Waals surface area contributed by atoms with E-state index in [0.717, 1.165) is 49.6 Å². The number of nitrogens with one attached hydrogen (secondary N) is 1. The Labute approximate surface area is 192 Å². The van der Waals surface area contributed by atoms with E-state index in [1.807, 2.05) is 41.5 Å². The molecule has 1 fully saturated rings. The van der Waals surface area contributed by atoms with Crippen molar-refractivity contribution in [3.8, 4) is 0 Å². The summed E-state index contributed by atoms with van der Waals surface area (Å²) in [5.74, 6) is 0.686. The molecular weight excluding hydrogens is 416 g/mol. The van der Waals surface area contributed by atoms with Gasteiger partial charge in [0.15, 0.2) is 11.5 Å². The van der Waals surface area contributed by atoms with Crippen molar-refractivity contribution >= 4 is 34.8 Å². The molecule has 0 radical (unpaired) electrons. The number of rotatable bonds is 6. The Balaban J connectivity index is 1.28. The van der Waals surface area contributed by atoms with Crippen LogP contribution in [0.25, 0.3) is 11.2 Å². The second-order valence-corrected chi connectivity index (χ2v) is 8.43. The molecule has 2 aliphatic heterocycles. The number of allylic oxidation sites excluding steroid dienone is 1. The van der Waals surface area contributed by atoms with Gasteiger partial charge in [-0.25, -0.2) is 14.5 Å². The number of hydrogen-bond acceptors (Lipinski definition) is 7. The van der Waals surface area contributed by atoms with Crippen LogP contribution in [0.4, 0.5) is 11.5 Å². The first-order chi connectivity index (χ1) is 16.1. The molecule has 1 unspecified atom stereocenters. The molecule has 170 valence electrons. The van der Waals surface area contributed by atoms with E-state index in [-0.39, 0.29) is 5.91 Å². The summed E-state index contributed by atoms with van der Waals surface area (Å²) in [5.41, 5.74) is 4.00. The summed E-state index contributed by atoms with van der Waals surface area (Å²) < 4.78 is 1.76. The molecule has 3 aromatic rings. The second kappa shape index (κ2) is 9.11. The van der Waals surface area contributed by atoms with E-state index in [2.05, 4.69) is 44.1 Å². The number of carbonyl (C=O) groups excluding carboxylic acids is 1. The van der Waals surface area contributed by atoms with Crippen LogP contribution >= 0.6 is 0 Å². The topological polar surface area (TPSA) is 91.0 Å². The van der Waals surface area contributed by atoms with Gasteiger partial charge in [-0.15, -0.1) is 0 Å². The Morgan fingerprint density at radius 3 is 2.61 bits per heavy atom. The maximum absolute atomic E-state index is 13.0. The number of aromatic nitrogens is 4. The predicted molar refractivity (Wildman–Crippen MR) is 129 cm³/mol. The molecule has 33 heavy (non-hydrogen) atoms. The Hall–Kier alpha value is -3.59. The predicted octanol–water partition coefficient (Wildman–Crippen LogP) is 2.89. The van der Waals surface area contributed by atoms with E-state index in [4.69, 9.17) is 0 Å². The largest absolute Gasteiger partial charge is 0.337 e. The van der Waals surface area contributed by atoms with Gasteiger partial charge in [0, 0.05) is 55.3 Å². The maximum Gasteiger partial charge on any atom is 0.253 e. The number of benzene rings is 1. The van der Waals surface area contributed by atoms with Gasteiger partial charge in [0.25, 0.3) is 5.91 Å². The van der Waals surface area contributed by atoms with Crippen LogP contribution in [-0.2, 0) is 0 Å². The average Bonchev–Trinajstić information content (AvgIpc) is 3.57. The second-order valence-electron chi connectivity index (χ2n) is 8.43. The van der Waals surface area contributed by atoms with Crippen molar-refractivity contribution in [1.29, 1.82) is 0 Å². The fourth-order valence-electron chi connectivity index (χ4n) is 4.27. The Bertz CT molecular complexity index is 1200. The molecule has 5 rings (SSSR count). The van der Waals surface area contributed by atoms with Gasteiger partial charge >= 0.3 is 0 Å². The number of nitrogens with zero attached hydrogens (tertiary/aromatic N) is 7. The molecule has 1 saturated heterocycles. The summed E-state index contributed by atoms with van der Waals surface area (Å²) in [6.07, 6.45) is 8.27. The van der Waals surface area contributed by atoms with E-state index in [1.54, 1.807) is 10.7 Å². The highest BCUT2D eigenvalue weighted by molar-refractivity contribution is 6.11. The SMILES string of the molecule is CCC(C)N1CCN(C(=O)c2ccc(Nc3ncc(C4=CCN=C4)n4ncnc34)cc2)CC1. The van der Waals surface area contributed by atoms with E-state index in [0.29, 0.717) is 29.6 Å². The Kier molecular flexibility index (Phi) is 5.87. The highest BCUT2D eigenvalue weighted by Gasteiger charge is 2.24.